The molecule has 16 heavy (non-hydrogen) atoms. The van der Waals surface area contributed by atoms with Crippen LogP contribution in [0.5, 0.6) is 0 Å². The second-order valence-electron chi connectivity index (χ2n) is 4.15. The molecule has 2 atom stereocenters. The first-order valence-electron chi connectivity index (χ1n) is 5.59. The molecule has 1 aromatic carbocycles. The van der Waals surface area contributed by atoms with E-state index in [1.165, 1.54) is 6.07 Å². The lowest BCUT2D eigenvalue weighted by Crippen LogP contribution is -2.37. The van der Waals surface area contributed by atoms with Crippen LogP contribution in [-0.4, -0.2) is 24.3 Å². The molecular formula is C12H17FN2O. The Labute approximate surface area is 94.9 Å². The molecule has 1 saturated heterocycles. The summed E-state index contributed by atoms with van der Waals surface area (Å²) in [4.78, 5) is 5.47. The molecule has 0 aromatic heterocycles. The summed E-state index contributed by atoms with van der Waals surface area (Å²) in [6.45, 7) is 3.37. The van der Waals surface area contributed by atoms with Gasteiger partial charge in [0.25, 0.3) is 0 Å². The summed E-state index contributed by atoms with van der Waals surface area (Å²) in [5.41, 5.74) is 6.54. The molecule has 0 spiro atoms. The third kappa shape index (κ3) is 2.24. The smallest absolute Gasteiger partial charge is 0.128 e. The van der Waals surface area contributed by atoms with Gasteiger partial charge in [0.15, 0.2) is 0 Å². The van der Waals surface area contributed by atoms with E-state index in [-0.39, 0.29) is 17.9 Å². The molecule has 88 valence electrons. The lowest BCUT2D eigenvalue weighted by Gasteiger charge is -2.29. The quantitative estimate of drug-likeness (QED) is 0.851. The molecule has 2 unspecified atom stereocenters. The van der Waals surface area contributed by atoms with Crippen LogP contribution < -0.4 is 5.73 Å². The third-order valence-electron chi connectivity index (χ3n) is 2.81. The Bertz CT molecular complexity index is 351. The molecule has 1 aliphatic heterocycles. The van der Waals surface area contributed by atoms with E-state index < -0.39 is 0 Å². The number of nitrogens with two attached hydrogens (primary N) is 1. The van der Waals surface area contributed by atoms with E-state index >= 15 is 0 Å². The van der Waals surface area contributed by atoms with Crippen molar-refractivity contribution in [2.75, 3.05) is 13.2 Å². The summed E-state index contributed by atoms with van der Waals surface area (Å²) in [5.74, 6) is -0.222. The molecule has 0 amide bonds. The summed E-state index contributed by atoms with van der Waals surface area (Å²) in [6.07, 6.45) is 0.970. The van der Waals surface area contributed by atoms with Crippen LogP contribution in [-0.2, 0) is 4.84 Å². The monoisotopic (exact) mass is 224 g/mol. The number of hydrogen-bond acceptors (Lipinski definition) is 3. The van der Waals surface area contributed by atoms with Gasteiger partial charge in [-0.2, -0.15) is 5.06 Å². The van der Waals surface area contributed by atoms with Gasteiger partial charge in [-0.15, -0.1) is 0 Å². The van der Waals surface area contributed by atoms with Crippen molar-refractivity contribution >= 4 is 0 Å². The largest absolute Gasteiger partial charge is 0.326 e. The zero-order valence-corrected chi connectivity index (χ0v) is 9.40. The van der Waals surface area contributed by atoms with Crippen molar-refractivity contribution in [3.63, 3.8) is 0 Å². The Hall–Kier alpha value is -0.970. The van der Waals surface area contributed by atoms with Gasteiger partial charge in [-0.3, -0.25) is 4.84 Å². The van der Waals surface area contributed by atoms with Crippen molar-refractivity contribution in [2.24, 2.45) is 5.73 Å². The maximum atomic E-state index is 13.7. The van der Waals surface area contributed by atoms with Crippen LogP contribution in [0, 0.1) is 5.82 Å². The number of rotatable bonds is 3. The van der Waals surface area contributed by atoms with E-state index in [2.05, 4.69) is 0 Å². The van der Waals surface area contributed by atoms with Gasteiger partial charge in [-0.25, -0.2) is 4.39 Å². The second kappa shape index (κ2) is 4.91. The second-order valence-corrected chi connectivity index (χ2v) is 4.15. The van der Waals surface area contributed by atoms with Crippen LogP contribution in [0.1, 0.15) is 24.9 Å². The third-order valence-corrected chi connectivity index (χ3v) is 2.81. The molecule has 4 heteroatoms. The van der Waals surface area contributed by atoms with Crippen molar-refractivity contribution in [2.45, 2.75) is 25.4 Å². The maximum absolute atomic E-state index is 13.7. The summed E-state index contributed by atoms with van der Waals surface area (Å²) in [7, 11) is 0. The Balaban J connectivity index is 2.28. The van der Waals surface area contributed by atoms with E-state index in [9.17, 15) is 4.39 Å². The SMILES string of the molecule is CC(N)C(c1ccccc1F)N1CCCO1. The molecule has 2 N–H and O–H groups in total. The zero-order chi connectivity index (χ0) is 11.5. The van der Waals surface area contributed by atoms with Crippen molar-refractivity contribution in [3.8, 4) is 0 Å². The topological polar surface area (TPSA) is 38.5 Å². The molecule has 0 aliphatic carbocycles. The van der Waals surface area contributed by atoms with Crippen LogP contribution in [0.15, 0.2) is 24.3 Å². The fourth-order valence-electron chi connectivity index (χ4n) is 2.10. The minimum Gasteiger partial charge on any atom is -0.326 e. The van der Waals surface area contributed by atoms with Crippen LogP contribution in [0.4, 0.5) is 4.39 Å². The van der Waals surface area contributed by atoms with Crippen molar-refractivity contribution in [3.05, 3.63) is 35.6 Å². The lowest BCUT2D eigenvalue weighted by molar-refractivity contribution is -0.147. The number of nitrogens with zero attached hydrogens (tertiary/aromatic N) is 1. The highest BCUT2D eigenvalue weighted by atomic mass is 19.1. The van der Waals surface area contributed by atoms with Crippen LogP contribution in [0.3, 0.4) is 0 Å². The lowest BCUT2D eigenvalue weighted by atomic mass is 10.00. The molecule has 3 nitrogen and oxygen atoms in total. The normalized spacial score (nSPS) is 20.9. The Morgan fingerprint density at radius 3 is 2.75 bits per heavy atom. The summed E-state index contributed by atoms with van der Waals surface area (Å²) in [5, 5.41) is 1.79. The molecule has 0 saturated carbocycles. The predicted octanol–water partition coefficient (Wildman–Crippen LogP) is 1.85. The average molecular weight is 224 g/mol. The summed E-state index contributed by atoms with van der Waals surface area (Å²) < 4.78 is 13.7. The van der Waals surface area contributed by atoms with Crippen molar-refractivity contribution in [1.29, 1.82) is 0 Å². The van der Waals surface area contributed by atoms with Gasteiger partial charge in [0.1, 0.15) is 5.82 Å². The Morgan fingerprint density at radius 2 is 2.19 bits per heavy atom. The molecule has 1 aliphatic rings. The number of benzene rings is 1. The minimum atomic E-state index is -0.222. The molecule has 0 bridgehead atoms. The predicted molar refractivity (Wildman–Crippen MR) is 60.1 cm³/mol. The van der Waals surface area contributed by atoms with Gasteiger partial charge in [0, 0.05) is 18.2 Å². The van der Waals surface area contributed by atoms with Gasteiger partial charge < -0.3 is 5.73 Å². The Morgan fingerprint density at radius 1 is 1.44 bits per heavy atom. The van der Waals surface area contributed by atoms with Crippen molar-refractivity contribution < 1.29 is 9.23 Å². The van der Waals surface area contributed by atoms with Crippen LogP contribution in [0.2, 0.25) is 0 Å². The average Bonchev–Trinajstić information content (AvgIpc) is 2.74. The number of hydrogen-bond donors (Lipinski definition) is 1. The first-order chi connectivity index (χ1) is 7.70. The van der Waals surface area contributed by atoms with Crippen LogP contribution >= 0.6 is 0 Å². The molecule has 1 fully saturated rings. The molecular weight excluding hydrogens is 207 g/mol. The standard InChI is InChI=1S/C12H17FN2O/c1-9(14)12(15-7-4-8-16-15)10-5-2-3-6-11(10)13/h2-3,5-6,9,12H,4,7-8,14H2,1H3. The summed E-state index contributed by atoms with van der Waals surface area (Å²) in [6, 6.07) is 6.36. The molecule has 2 rings (SSSR count). The number of halogens is 1. The van der Waals surface area contributed by atoms with E-state index in [1.54, 1.807) is 17.2 Å². The molecule has 1 aromatic rings. The first kappa shape index (κ1) is 11.5. The number of hydroxylamine groups is 2. The zero-order valence-electron chi connectivity index (χ0n) is 9.40. The van der Waals surface area contributed by atoms with Crippen molar-refractivity contribution in [1.82, 2.24) is 5.06 Å². The minimum absolute atomic E-state index is 0.171. The summed E-state index contributed by atoms with van der Waals surface area (Å²) >= 11 is 0. The van der Waals surface area contributed by atoms with Gasteiger partial charge in [0.05, 0.1) is 12.6 Å². The highest BCUT2D eigenvalue weighted by Crippen LogP contribution is 2.28. The van der Waals surface area contributed by atoms with Gasteiger partial charge >= 0.3 is 0 Å². The van der Waals surface area contributed by atoms with E-state index in [0.29, 0.717) is 12.2 Å². The highest BCUT2D eigenvalue weighted by molar-refractivity contribution is 5.22. The van der Waals surface area contributed by atoms with Gasteiger partial charge in [-0.1, -0.05) is 18.2 Å². The van der Waals surface area contributed by atoms with Gasteiger partial charge in [-0.05, 0) is 19.4 Å². The maximum Gasteiger partial charge on any atom is 0.128 e. The van der Waals surface area contributed by atoms with Gasteiger partial charge in [0.2, 0.25) is 0 Å². The Kier molecular flexibility index (Phi) is 3.53. The fourth-order valence-corrected chi connectivity index (χ4v) is 2.10. The van der Waals surface area contributed by atoms with E-state index in [0.717, 1.165) is 13.0 Å². The first-order valence-corrected chi connectivity index (χ1v) is 5.59. The highest BCUT2D eigenvalue weighted by Gasteiger charge is 2.29. The fraction of sp³-hybridized carbons (Fsp3) is 0.500. The molecule has 0 radical (unpaired) electrons. The molecule has 1 heterocycles. The van der Waals surface area contributed by atoms with E-state index in [4.69, 9.17) is 10.6 Å². The van der Waals surface area contributed by atoms with E-state index in [1.807, 2.05) is 13.0 Å². The van der Waals surface area contributed by atoms with Crippen LogP contribution in [0.25, 0.3) is 0 Å².